The molecule has 13 heavy (non-hydrogen) atoms. The summed E-state index contributed by atoms with van der Waals surface area (Å²) < 4.78 is 12.9. The van der Waals surface area contributed by atoms with Crippen LogP contribution in [-0.2, 0) is 0 Å². The van der Waals surface area contributed by atoms with Crippen LogP contribution in [0.15, 0.2) is 24.3 Å². The third-order valence-electron chi connectivity index (χ3n) is 2.36. The molecular weight excluding hydrogens is 162 g/mol. The van der Waals surface area contributed by atoms with Crippen molar-refractivity contribution in [1.82, 2.24) is 0 Å². The zero-order chi connectivity index (χ0) is 9.97. The first-order chi connectivity index (χ1) is 6.81. The van der Waals surface area contributed by atoms with Gasteiger partial charge >= 0.3 is 0 Å². The van der Waals surface area contributed by atoms with Crippen LogP contribution in [0.2, 0.25) is 0 Å². The first-order valence-corrected chi connectivity index (χ1v) is 4.64. The van der Waals surface area contributed by atoms with Crippen LogP contribution < -0.4 is 9.64 Å². The number of nitrogens with zero attached hydrogens (tertiary/aromatic N) is 1. The molecular formula is C11H15NO. The summed E-state index contributed by atoms with van der Waals surface area (Å²) in [5.74, 6) is 0.870. The van der Waals surface area contributed by atoms with Gasteiger partial charge in [0.05, 0.1) is 7.11 Å². The molecule has 2 heteroatoms. The van der Waals surface area contributed by atoms with E-state index in [1.807, 2.05) is 24.3 Å². The van der Waals surface area contributed by atoms with E-state index in [0.717, 1.165) is 30.8 Å². The second-order valence-electron chi connectivity index (χ2n) is 3.22. The number of benzene rings is 1. The van der Waals surface area contributed by atoms with Crippen molar-refractivity contribution in [3.63, 3.8) is 0 Å². The minimum absolute atomic E-state index is 0.0663. The van der Waals surface area contributed by atoms with Crippen LogP contribution in [0.25, 0.3) is 0 Å². The molecule has 1 saturated heterocycles. The molecule has 1 aliphatic heterocycles. The largest absolute Gasteiger partial charge is 0.497 e. The Balaban J connectivity index is 2.16. The summed E-state index contributed by atoms with van der Waals surface area (Å²) in [6, 6.07) is 7.93. The van der Waals surface area contributed by atoms with Crippen molar-refractivity contribution in [3.8, 4) is 5.75 Å². The second kappa shape index (κ2) is 3.69. The summed E-state index contributed by atoms with van der Waals surface area (Å²) in [6.07, 6.45) is 2.10. The van der Waals surface area contributed by atoms with Crippen LogP contribution in [0.5, 0.6) is 5.75 Å². The fourth-order valence-electron chi connectivity index (χ4n) is 1.61. The van der Waals surface area contributed by atoms with Crippen molar-refractivity contribution < 1.29 is 6.11 Å². The van der Waals surface area contributed by atoms with E-state index in [9.17, 15) is 0 Å². The topological polar surface area (TPSA) is 12.5 Å². The summed E-state index contributed by atoms with van der Waals surface area (Å²) >= 11 is 0. The number of hydrogen-bond donors (Lipinski definition) is 0. The predicted octanol–water partition coefficient (Wildman–Crippen LogP) is 2.30. The van der Waals surface area contributed by atoms with Gasteiger partial charge in [-0.1, -0.05) is 0 Å². The van der Waals surface area contributed by atoms with Gasteiger partial charge in [0.1, 0.15) is 5.75 Å². The van der Waals surface area contributed by atoms with Gasteiger partial charge in [-0.05, 0) is 37.1 Å². The lowest BCUT2D eigenvalue weighted by molar-refractivity contribution is 0.415. The van der Waals surface area contributed by atoms with Gasteiger partial charge in [-0.2, -0.15) is 0 Å². The quantitative estimate of drug-likeness (QED) is 0.689. The van der Waals surface area contributed by atoms with Gasteiger partial charge in [-0.3, -0.25) is 0 Å². The number of hydrogen-bond acceptors (Lipinski definition) is 2. The highest BCUT2D eigenvalue weighted by Gasteiger charge is 2.11. The molecule has 0 amide bonds. The normalized spacial score (nSPS) is 23.0. The fraction of sp³-hybridized carbons (Fsp3) is 0.455. The molecule has 0 aromatic heterocycles. The summed E-state index contributed by atoms with van der Waals surface area (Å²) in [5.41, 5.74) is 1.13. The van der Waals surface area contributed by atoms with Gasteiger partial charge in [0.15, 0.2) is 0 Å². The van der Waals surface area contributed by atoms with Crippen LogP contribution >= 0.6 is 0 Å². The van der Waals surface area contributed by atoms with Crippen LogP contribution in [0.4, 0.5) is 5.69 Å². The highest BCUT2D eigenvalue weighted by molar-refractivity contribution is 5.49. The third kappa shape index (κ3) is 1.77. The van der Waals surface area contributed by atoms with Crippen molar-refractivity contribution in [2.24, 2.45) is 0 Å². The van der Waals surface area contributed by atoms with Gasteiger partial charge < -0.3 is 9.64 Å². The lowest BCUT2D eigenvalue weighted by Gasteiger charge is -2.17. The third-order valence-corrected chi connectivity index (χ3v) is 2.36. The average molecular weight is 178 g/mol. The highest BCUT2D eigenvalue weighted by atomic mass is 16.5. The first-order valence-electron chi connectivity index (χ1n) is 5.22. The lowest BCUT2D eigenvalue weighted by atomic mass is 10.3. The monoisotopic (exact) mass is 178 g/mol. The summed E-state index contributed by atoms with van der Waals surface area (Å²) in [5, 5.41) is 0. The molecule has 1 aromatic carbocycles. The molecule has 0 aliphatic carbocycles. The second-order valence-corrected chi connectivity index (χ2v) is 3.22. The summed E-state index contributed by atoms with van der Waals surface area (Å²) in [6.45, 7) is 0.934. The Labute approximate surface area is 80.5 Å². The van der Waals surface area contributed by atoms with Crippen molar-refractivity contribution in [1.29, 1.82) is 0 Å². The van der Waals surface area contributed by atoms with E-state index in [0.29, 0.717) is 0 Å². The van der Waals surface area contributed by atoms with Crippen LogP contribution in [0.1, 0.15) is 14.2 Å². The number of anilines is 1. The number of methoxy groups -OCH3 is 1. The zero-order valence-corrected chi connectivity index (χ0v) is 7.86. The molecule has 0 radical (unpaired) electrons. The Kier molecular flexibility index (Phi) is 2.06. The minimum atomic E-state index is -0.0663. The van der Waals surface area contributed by atoms with Gasteiger partial charge in [0.2, 0.25) is 0 Å². The molecule has 2 rings (SSSR count). The minimum Gasteiger partial charge on any atom is -0.497 e. The standard InChI is InChI=1S/C11H15NO/c1-13-11-6-4-10(5-7-11)12-8-2-3-9-12/h4-7H,2-3,8-9H2,1H3/i8D. The van der Waals surface area contributed by atoms with E-state index in [4.69, 9.17) is 6.11 Å². The van der Waals surface area contributed by atoms with Crippen molar-refractivity contribution in [3.05, 3.63) is 24.3 Å². The zero-order valence-electron chi connectivity index (χ0n) is 8.86. The number of ether oxygens (including phenoxy) is 1. The van der Waals surface area contributed by atoms with Crippen molar-refractivity contribution >= 4 is 5.69 Å². The molecule has 2 nitrogen and oxygen atoms in total. The molecule has 0 bridgehead atoms. The van der Waals surface area contributed by atoms with E-state index in [1.54, 1.807) is 7.11 Å². The molecule has 1 fully saturated rings. The maximum absolute atomic E-state index is 7.82. The van der Waals surface area contributed by atoms with Gasteiger partial charge in [-0.25, -0.2) is 0 Å². The van der Waals surface area contributed by atoms with Crippen molar-refractivity contribution in [2.75, 3.05) is 25.1 Å². The maximum atomic E-state index is 7.82. The van der Waals surface area contributed by atoms with E-state index in [-0.39, 0.29) is 6.52 Å². The predicted molar refractivity (Wildman–Crippen MR) is 54.4 cm³/mol. The lowest BCUT2D eigenvalue weighted by Crippen LogP contribution is -2.17. The Bertz CT molecular complexity index is 299. The Morgan fingerprint density at radius 2 is 2.08 bits per heavy atom. The SMILES string of the molecule is [2H]C1CCCN1c1ccc(OC)cc1. The molecule has 1 unspecified atom stereocenters. The molecule has 70 valence electrons. The fourth-order valence-corrected chi connectivity index (χ4v) is 1.61. The Morgan fingerprint density at radius 3 is 2.62 bits per heavy atom. The van der Waals surface area contributed by atoms with Gasteiger partial charge in [-0.15, -0.1) is 0 Å². The summed E-state index contributed by atoms with van der Waals surface area (Å²) in [7, 11) is 1.66. The summed E-state index contributed by atoms with van der Waals surface area (Å²) in [4.78, 5) is 2.12. The smallest absolute Gasteiger partial charge is 0.119 e. The van der Waals surface area contributed by atoms with E-state index in [1.165, 1.54) is 0 Å². The van der Waals surface area contributed by atoms with Crippen LogP contribution in [-0.4, -0.2) is 20.2 Å². The Morgan fingerprint density at radius 1 is 1.31 bits per heavy atom. The van der Waals surface area contributed by atoms with Crippen LogP contribution in [0.3, 0.4) is 0 Å². The highest BCUT2D eigenvalue weighted by Crippen LogP contribution is 2.22. The van der Waals surface area contributed by atoms with Gasteiger partial charge in [0, 0.05) is 20.1 Å². The first kappa shape index (κ1) is 7.25. The molecule has 0 N–H and O–H groups in total. The Hall–Kier alpha value is -1.18. The van der Waals surface area contributed by atoms with Crippen LogP contribution in [0, 0.1) is 0 Å². The molecule has 1 heterocycles. The number of rotatable bonds is 2. The maximum Gasteiger partial charge on any atom is 0.119 e. The van der Waals surface area contributed by atoms with E-state index < -0.39 is 0 Å². The average Bonchev–Trinajstić information content (AvgIpc) is 2.65. The molecule has 1 aromatic rings. The molecule has 0 spiro atoms. The molecule has 1 atom stereocenters. The molecule has 1 aliphatic rings. The van der Waals surface area contributed by atoms with E-state index >= 15 is 0 Å². The van der Waals surface area contributed by atoms with Gasteiger partial charge in [0.25, 0.3) is 0 Å². The van der Waals surface area contributed by atoms with E-state index in [2.05, 4.69) is 4.90 Å². The van der Waals surface area contributed by atoms with Crippen molar-refractivity contribution in [2.45, 2.75) is 12.8 Å². The molecule has 0 saturated carbocycles.